The minimum Gasteiger partial charge on any atom is -0.486 e. The lowest BCUT2D eigenvalue weighted by atomic mass is 9.48. The average Bonchev–Trinajstić information content (AvgIpc) is 2.81. The predicted molar refractivity (Wildman–Crippen MR) is 122 cm³/mol. The van der Waals surface area contributed by atoms with Crippen LogP contribution in [0, 0.1) is 17.8 Å². The average molecular weight is 432 g/mol. The number of fused-ring (bicyclic) bond motifs is 1. The third-order valence-electron chi connectivity index (χ3n) is 8.03. The fourth-order valence-corrected chi connectivity index (χ4v) is 7.15. The zero-order valence-electron chi connectivity index (χ0n) is 18.2. The minimum absolute atomic E-state index is 0.232. The second-order valence-corrected chi connectivity index (χ2v) is 10.2. The van der Waals surface area contributed by atoms with E-state index in [1.807, 2.05) is 12.1 Å². The van der Waals surface area contributed by atoms with Gasteiger partial charge in [0.05, 0.1) is 0 Å². The zero-order valence-corrected chi connectivity index (χ0v) is 18.2. The second-order valence-electron chi connectivity index (χ2n) is 10.2. The number of nitrogens with one attached hydrogen (secondary N) is 1. The molecule has 0 radical (unpaired) electrons. The van der Waals surface area contributed by atoms with Gasteiger partial charge in [0.25, 0.3) is 5.91 Å². The van der Waals surface area contributed by atoms with Gasteiger partial charge in [-0.05, 0) is 96.6 Å². The summed E-state index contributed by atoms with van der Waals surface area (Å²) in [5.74, 6) is 3.92. The number of carbonyl (C=O) groups is 1. The van der Waals surface area contributed by atoms with Crippen LogP contribution in [0.15, 0.2) is 42.5 Å². The van der Waals surface area contributed by atoms with Gasteiger partial charge in [-0.3, -0.25) is 10.0 Å². The van der Waals surface area contributed by atoms with Gasteiger partial charge in [0.1, 0.15) is 13.2 Å². The van der Waals surface area contributed by atoms with Crippen molar-refractivity contribution in [2.75, 3.05) is 13.2 Å². The summed E-state index contributed by atoms with van der Waals surface area (Å²) >= 11 is 0. The molecule has 5 aliphatic rings. The highest BCUT2D eigenvalue weighted by molar-refractivity contribution is 5.90. The van der Waals surface area contributed by atoms with E-state index in [4.69, 9.17) is 14.7 Å². The number of hydrogen-bond acceptors (Lipinski definition) is 4. The lowest BCUT2D eigenvalue weighted by molar-refractivity contribution is -0.124. The molecule has 2 aromatic carbocycles. The Morgan fingerprint density at radius 3 is 2.25 bits per heavy atom. The van der Waals surface area contributed by atoms with Crippen molar-refractivity contribution in [1.29, 1.82) is 0 Å². The molecule has 1 heterocycles. The van der Waals surface area contributed by atoms with Gasteiger partial charge < -0.3 is 9.47 Å². The Balaban J connectivity index is 1.39. The smallest absolute Gasteiger partial charge is 0.267 e. The summed E-state index contributed by atoms with van der Waals surface area (Å²) in [6.07, 6.45) is 11.1. The number of benzene rings is 2. The summed E-state index contributed by atoms with van der Waals surface area (Å²) < 4.78 is 12.3. The van der Waals surface area contributed by atoms with Crippen molar-refractivity contribution >= 4 is 12.0 Å². The van der Waals surface area contributed by atoms with Crippen LogP contribution in [-0.4, -0.2) is 24.3 Å². The molecule has 5 heteroatoms. The van der Waals surface area contributed by atoms with Crippen molar-refractivity contribution in [2.45, 2.75) is 43.9 Å². The topological polar surface area (TPSA) is 67.8 Å². The molecular formula is C27H29NO4. The van der Waals surface area contributed by atoms with E-state index in [0.29, 0.717) is 13.2 Å². The van der Waals surface area contributed by atoms with Gasteiger partial charge in [-0.1, -0.05) is 24.3 Å². The molecule has 7 rings (SSSR count). The fraction of sp³-hybridized carbons (Fsp3) is 0.444. The zero-order chi connectivity index (χ0) is 21.7. The third-order valence-corrected chi connectivity index (χ3v) is 8.03. The van der Waals surface area contributed by atoms with Gasteiger partial charge in [0, 0.05) is 11.6 Å². The Morgan fingerprint density at radius 1 is 0.938 bits per heavy atom. The molecule has 0 atom stereocenters. The number of hydroxylamine groups is 1. The van der Waals surface area contributed by atoms with E-state index >= 15 is 0 Å². The maximum absolute atomic E-state index is 11.2. The fourth-order valence-electron chi connectivity index (χ4n) is 7.15. The molecule has 0 unspecified atom stereocenters. The van der Waals surface area contributed by atoms with Crippen molar-refractivity contribution in [3.05, 3.63) is 53.6 Å². The predicted octanol–water partition coefficient (Wildman–Crippen LogP) is 5.11. The quantitative estimate of drug-likeness (QED) is 0.401. The van der Waals surface area contributed by atoms with Crippen LogP contribution >= 0.6 is 0 Å². The number of amides is 1. The van der Waals surface area contributed by atoms with Crippen LogP contribution in [-0.2, 0) is 10.2 Å². The first-order valence-corrected chi connectivity index (χ1v) is 11.8. The number of rotatable bonds is 4. The molecule has 4 bridgehead atoms. The molecule has 166 valence electrons. The molecule has 1 aliphatic heterocycles. The Labute approximate surface area is 188 Å². The monoisotopic (exact) mass is 431 g/mol. The number of ether oxygens (including phenoxy) is 2. The van der Waals surface area contributed by atoms with Crippen molar-refractivity contribution in [3.8, 4) is 22.6 Å². The van der Waals surface area contributed by atoms with E-state index in [9.17, 15) is 4.79 Å². The molecule has 4 saturated carbocycles. The number of hydrogen-bond donors (Lipinski definition) is 2. The first kappa shape index (κ1) is 19.9. The summed E-state index contributed by atoms with van der Waals surface area (Å²) in [5.41, 5.74) is 6.39. The number of carbonyl (C=O) groups excluding carboxylic acids is 1. The first-order valence-electron chi connectivity index (χ1n) is 11.8. The minimum atomic E-state index is -0.541. The molecule has 32 heavy (non-hydrogen) atoms. The maximum Gasteiger partial charge on any atom is 0.267 e. The molecule has 0 saturated heterocycles. The van der Waals surface area contributed by atoms with Crippen molar-refractivity contribution in [2.24, 2.45) is 17.8 Å². The van der Waals surface area contributed by atoms with Crippen LogP contribution in [0.3, 0.4) is 0 Å². The summed E-state index contributed by atoms with van der Waals surface area (Å²) in [5, 5.41) is 8.64. The molecule has 2 aromatic rings. The Bertz CT molecular complexity index is 1040. The third kappa shape index (κ3) is 3.39. The van der Waals surface area contributed by atoms with E-state index in [2.05, 4.69) is 24.3 Å². The summed E-state index contributed by atoms with van der Waals surface area (Å²) in [6.45, 7) is 1.21. The molecule has 5 nitrogen and oxygen atoms in total. The van der Waals surface area contributed by atoms with Gasteiger partial charge in [-0.2, -0.15) is 0 Å². The SMILES string of the molecule is O=C(C=Cc1ccc(-c2cc3c(c(C45CC6CC(CC(C6)C4)C5)c2)OCCO3)cc1)NO. The highest BCUT2D eigenvalue weighted by atomic mass is 16.6. The van der Waals surface area contributed by atoms with E-state index in [0.717, 1.165) is 45.9 Å². The van der Waals surface area contributed by atoms with Crippen LogP contribution in [0.1, 0.15) is 49.7 Å². The van der Waals surface area contributed by atoms with Crippen molar-refractivity contribution in [3.63, 3.8) is 0 Å². The highest BCUT2D eigenvalue weighted by Gasteiger charge is 2.53. The normalized spacial score (nSPS) is 30.0. The molecule has 4 fully saturated rings. The van der Waals surface area contributed by atoms with Crippen LogP contribution in [0.2, 0.25) is 0 Å². The van der Waals surface area contributed by atoms with Crippen molar-refractivity contribution < 1.29 is 19.5 Å². The molecular weight excluding hydrogens is 402 g/mol. The summed E-state index contributed by atoms with van der Waals surface area (Å²) in [4.78, 5) is 11.2. The lowest BCUT2D eigenvalue weighted by Gasteiger charge is -2.57. The van der Waals surface area contributed by atoms with Gasteiger partial charge in [-0.25, -0.2) is 5.48 Å². The van der Waals surface area contributed by atoms with Gasteiger partial charge in [-0.15, -0.1) is 0 Å². The lowest BCUT2D eigenvalue weighted by Crippen LogP contribution is -2.48. The van der Waals surface area contributed by atoms with Crippen molar-refractivity contribution in [1.82, 2.24) is 5.48 Å². The van der Waals surface area contributed by atoms with Crippen LogP contribution in [0.25, 0.3) is 17.2 Å². The summed E-state index contributed by atoms with van der Waals surface area (Å²) in [7, 11) is 0. The highest BCUT2D eigenvalue weighted by Crippen LogP contribution is 2.63. The molecule has 2 N–H and O–H groups in total. The second kappa shape index (κ2) is 7.66. The van der Waals surface area contributed by atoms with Gasteiger partial charge in [0.15, 0.2) is 11.5 Å². The van der Waals surface area contributed by atoms with Crippen LogP contribution in [0.5, 0.6) is 11.5 Å². The first-order chi connectivity index (χ1) is 15.6. The van der Waals surface area contributed by atoms with Crippen LogP contribution in [0.4, 0.5) is 0 Å². The molecule has 1 amide bonds. The maximum atomic E-state index is 11.2. The standard InChI is InChI=1S/C27H29NO4/c29-25(28-30)6-3-17-1-4-21(5-2-17)22-12-23(26-24(13-22)31-7-8-32-26)27-14-18-9-19(15-27)11-20(10-18)16-27/h1-6,12-13,18-20,30H,7-11,14-16H2,(H,28,29). The van der Waals surface area contributed by atoms with Gasteiger partial charge >= 0.3 is 0 Å². The van der Waals surface area contributed by atoms with E-state index in [1.54, 1.807) is 11.6 Å². The van der Waals surface area contributed by atoms with E-state index in [-0.39, 0.29) is 5.41 Å². The molecule has 0 spiro atoms. The Hall–Kier alpha value is -2.79. The van der Waals surface area contributed by atoms with E-state index < -0.39 is 5.91 Å². The van der Waals surface area contributed by atoms with Gasteiger partial charge in [0.2, 0.25) is 0 Å². The Kier molecular flexibility index (Phi) is 4.76. The molecule has 0 aromatic heterocycles. The largest absolute Gasteiger partial charge is 0.486 e. The summed E-state index contributed by atoms with van der Waals surface area (Å²) in [6, 6.07) is 12.6. The Morgan fingerprint density at radius 2 is 1.59 bits per heavy atom. The van der Waals surface area contributed by atoms with Crippen LogP contribution < -0.4 is 15.0 Å². The molecule has 4 aliphatic carbocycles. The van der Waals surface area contributed by atoms with E-state index in [1.165, 1.54) is 50.2 Å².